The molecule has 0 atom stereocenters. The lowest BCUT2D eigenvalue weighted by molar-refractivity contribution is -0.120. The van der Waals surface area contributed by atoms with Crippen LogP contribution in [0, 0.1) is 0 Å². The normalized spacial score (nSPS) is 15.1. The lowest BCUT2D eigenvalue weighted by Crippen LogP contribution is -2.40. The monoisotopic (exact) mass is 355 g/mol. The van der Waals surface area contributed by atoms with Gasteiger partial charge in [-0.15, -0.1) is 0 Å². The molecule has 0 unspecified atom stereocenters. The van der Waals surface area contributed by atoms with Gasteiger partial charge >= 0.3 is 12.0 Å². The summed E-state index contributed by atoms with van der Waals surface area (Å²) in [5.41, 5.74) is 0.178. The number of carboxylic acid groups (broad SMARTS) is 1. The predicted molar refractivity (Wildman–Crippen MR) is 79.3 cm³/mol. The summed E-state index contributed by atoms with van der Waals surface area (Å²) in [6.45, 7) is 0.926. The third-order valence-corrected chi connectivity index (χ3v) is 3.50. The Morgan fingerprint density at radius 1 is 1.38 bits per heavy atom. The van der Waals surface area contributed by atoms with Crippen molar-refractivity contribution in [2.45, 2.75) is 6.42 Å². The van der Waals surface area contributed by atoms with Crippen molar-refractivity contribution in [1.82, 2.24) is 10.2 Å². The minimum Gasteiger partial charge on any atom is -0.478 e. The molecule has 8 heteroatoms. The van der Waals surface area contributed by atoms with Crippen molar-refractivity contribution in [2.24, 2.45) is 0 Å². The second kappa shape index (κ2) is 6.57. The molecule has 0 spiro atoms. The number of anilines is 1. The van der Waals surface area contributed by atoms with E-state index in [0.29, 0.717) is 24.0 Å². The summed E-state index contributed by atoms with van der Waals surface area (Å²) in [7, 11) is 0. The van der Waals surface area contributed by atoms with E-state index >= 15 is 0 Å². The fraction of sp³-hybridized carbons (Fsp3) is 0.308. The first-order valence-corrected chi connectivity index (χ1v) is 7.12. The summed E-state index contributed by atoms with van der Waals surface area (Å²) in [6.07, 6.45) is 0.658. The average molecular weight is 356 g/mol. The topological polar surface area (TPSA) is 98.7 Å². The van der Waals surface area contributed by atoms with Crippen molar-refractivity contribution in [3.63, 3.8) is 0 Å². The quantitative estimate of drug-likeness (QED) is 0.748. The molecule has 0 radical (unpaired) electrons. The number of carbonyl (C=O) groups is 3. The van der Waals surface area contributed by atoms with Gasteiger partial charge in [-0.25, -0.2) is 9.59 Å². The summed E-state index contributed by atoms with van der Waals surface area (Å²) in [4.78, 5) is 36.1. The SMILES string of the molecule is O=C1CN(C(=O)Nc2ccc(Br)cc2C(=O)O)CCCN1. The van der Waals surface area contributed by atoms with Crippen LogP contribution < -0.4 is 10.6 Å². The number of aromatic carboxylic acids is 1. The number of hydrogen-bond acceptors (Lipinski definition) is 3. The van der Waals surface area contributed by atoms with Gasteiger partial charge in [0.05, 0.1) is 11.3 Å². The first kappa shape index (κ1) is 15.3. The summed E-state index contributed by atoms with van der Waals surface area (Å²) < 4.78 is 0.604. The minimum absolute atomic E-state index is 0.0167. The molecule has 3 N–H and O–H groups in total. The number of benzene rings is 1. The van der Waals surface area contributed by atoms with Gasteiger partial charge in [0.15, 0.2) is 0 Å². The van der Waals surface area contributed by atoms with Gasteiger partial charge < -0.3 is 20.6 Å². The molecule has 0 aliphatic carbocycles. The zero-order valence-corrected chi connectivity index (χ0v) is 12.6. The fourth-order valence-electron chi connectivity index (χ4n) is 1.98. The molecule has 1 aliphatic heterocycles. The number of rotatable bonds is 2. The average Bonchev–Trinajstić information content (AvgIpc) is 2.65. The molecule has 21 heavy (non-hydrogen) atoms. The molecule has 0 aromatic heterocycles. The summed E-state index contributed by atoms with van der Waals surface area (Å²) in [5.74, 6) is -1.36. The maximum absolute atomic E-state index is 12.2. The molecule has 1 aromatic rings. The van der Waals surface area contributed by atoms with Crippen molar-refractivity contribution in [1.29, 1.82) is 0 Å². The Kier molecular flexibility index (Phi) is 4.79. The van der Waals surface area contributed by atoms with Crippen molar-refractivity contribution in [3.8, 4) is 0 Å². The van der Waals surface area contributed by atoms with Crippen LogP contribution in [0.15, 0.2) is 22.7 Å². The highest BCUT2D eigenvalue weighted by Gasteiger charge is 2.21. The molecule has 1 aliphatic rings. The van der Waals surface area contributed by atoms with Crippen LogP contribution >= 0.6 is 15.9 Å². The molecule has 112 valence electrons. The molecule has 2 rings (SSSR count). The first-order valence-electron chi connectivity index (χ1n) is 6.33. The first-order chi connectivity index (χ1) is 9.97. The molecule has 1 saturated heterocycles. The predicted octanol–water partition coefficient (Wildman–Crippen LogP) is 1.50. The number of nitrogens with one attached hydrogen (secondary N) is 2. The number of hydrogen-bond donors (Lipinski definition) is 3. The van der Waals surface area contributed by atoms with Gasteiger partial charge in [-0.05, 0) is 24.6 Å². The minimum atomic E-state index is -1.14. The highest BCUT2D eigenvalue weighted by Crippen LogP contribution is 2.21. The molecule has 0 bridgehead atoms. The fourth-order valence-corrected chi connectivity index (χ4v) is 2.34. The van der Waals surface area contributed by atoms with Crippen LogP contribution in [-0.2, 0) is 4.79 Å². The summed E-state index contributed by atoms with van der Waals surface area (Å²) in [6, 6.07) is 4.06. The molecule has 3 amide bonds. The number of carbonyl (C=O) groups excluding carboxylic acids is 2. The maximum Gasteiger partial charge on any atom is 0.337 e. The Morgan fingerprint density at radius 2 is 2.14 bits per heavy atom. The van der Waals surface area contributed by atoms with E-state index in [2.05, 4.69) is 26.6 Å². The van der Waals surface area contributed by atoms with E-state index in [9.17, 15) is 14.4 Å². The van der Waals surface area contributed by atoms with Gasteiger partial charge in [-0.2, -0.15) is 0 Å². The highest BCUT2D eigenvalue weighted by molar-refractivity contribution is 9.10. The summed E-state index contributed by atoms with van der Waals surface area (Å²) >= 11 is 3.19. The third-order valence-electron chi connectivity index (χ3n) is 3.00. The summed E-state index contributed by atoms with van der Waals surface area (Å²) in [5, 5.41) is 14.4. The molecular weight excluding hydrogens is 342 g/mol. The standard InChI is InChI=1S/C13H14BrN3O4/c14-8-2-3-10(9(6-8)12(19)20)16-13(21)17-5-1-4-15-11(18)7-17/h2-3,6H,1,4-5,7H2,(H,15,18)(H,16,21)(H,19,20). The molecular formula is C13H14BrN3O4. The van der Waals surface area contributed by atoms with Gasteiger partial charge in [-0.3, -0.25) is 4.79 Å². The molecule has 1 aromatic carbocycles. The van der Waals surface area contributed by atoms with E-state index < -0.39 is 12.0 Å². The van der Waals surface area contributed by atoms with E-state index in [1.807, 2.05) is 0 Å². The Hall–Kier alpha value is -2.09. The van der Waals surface area contributed by atoms with Gasteiger partial charge in [0.25, 0.3) is 0 Å². The molecule has 7 nitrogen and oxygen atoms in total. The van der Waals surface area contributed by atoms with Crippen molar-refractivity contribution in [3.05, 3.63) is 28.2 Å². The van der Waals surface area contributed by atoms with Crippen molar-refractivity contribution >= 4 is 39.5 Å². The third kappa shape index (κ3) is 3.94. The molecule has 1 heterocycles. The maximum atomic E-state index is 12.2. The van der Waals surface area contributed by atoms with E-state index in [0.717, 1.165) is 0 Å². The van der Waals surface area contributed by atoms with Gasteiger partial charge in [-0.1, -0.05) is 15.9 Å². The van der Waals surface area contributed by atoms with Crippen LogP contribution in [-0.4, -0.2) is 47.5 Å². The Bertz CT molecular complexity index is 591. The van der Waals surface area contributed by atoms with Crippen LogP contribution in [0.2, 0.25) is 0 Å². The van der Waals surface area contributed by atoms with Crippen LogP contribution in [0.4, 0.5) is 10.5 Å². The van der Waals surface area contributed by atoms with Crippen molar-refractivity contribution < 1.29 is 19.5 Å². The van der Waals surface area contributed by atoms with Gasteiger partial charge in [0.1, 0.15) is 6.54 Å². The Balaban J connectivity index is 2.15. The van der Waals surface area contributed by atoms with Crippen LogP contribution in [0.3, 0.4) is 0 Å². The van der Waals surface area contributed by atoms with Crippen LogP contribution in [0.1, 0.15) is 16.8 Å². The zero-order valence-electron chi connectivity index (χ0n) is 11.1. The number of halogens is 1. The largest absolute Gasteiger partial charge is 0.478 e. The number of urea groups is 1. The van der Waals surface area contributed by atoms with E-state index in [4.69, 9.17) is 5.11 Å². The lowest BCUT2D eigenvalue weighted by Gasteiger charge is -2.20. The van der Waals surface area contributed by atoms with Crippen LogP contribution in [0.25, 0.3) is 0 Å². The second-order valence-electron chi connectivity index (χ2n) is 4.55. The Morgan fingerprint density at radius 3 is 2.86 bits per heavy atom. The van der Waals surface area contributed by atoms with E-state index in [-0.39, 0.29) is 23.7 Å². The number of nitrogens with zero attached hydrogens (tertiary/aromatic N) is 1. The van der Waals surface area contributed by atoms with Crippen molar-refractivity contribution in [2.75, 3.05) is 25.0 Å². The molecule has 0 saturated carbocycles. The number of carboxylic acids is 1. The lowest BCUT2D eigenvalue weighted by atomic mass is 10.2. The van der Waals surface area contributed by atoms with Crippen LogP contribution in [0.5, 0.6) is 0 Å². The molecule has 1 fully saturated rings. The number of amides is 3. The zero-order chi connectivity index (χ0) is 15.4. The highest BCUT2D eigenvalue weighted by atomic mass is 79.9. The second-order valence-corrected chi connectivity index (χ2v) is 5.47. The smallest absolute Gasteiger partial charge is 0.337 e. The van der Waals surface area contributed by atoms with Gasteiger partial charge in [0, 0.05) is 17.6 Å². The van der Waals surface area contributed by atoms with Gasteiger partial charge in [0.2, 0.25) is 5.91 Å². The van der Waals surface area contributed by atoms with E-state index in [1.165, 1.54) is 17.0 Å². The Labute approximate surface area is 129 Å². The van der Waals surface area contributed by atoms with E-state index in [1.54, 1.807) is 6.07 Å².